The van der Waals surface area contributed by atoms with E-state index >= 15 is 0 Å². The Morgan fingerprint density at radius 2 is 2.05 bits per heavy atom. The first-order valence-corrected chi connectivity index (χ1v) is 8.36. The van der Waals surface area contributed by atoms with Crippen LogP contribution in [0.1, 0.15) is 20.8 Å². The van der Waals surface area contributed by atoms with E-state index in [1.807, 2.05) is 13.8 Å². The number of cyclic esters (lactones) is 1. The molecule has 0 aromatic heterocycles. The van der Waals surface area contributed by atoms with E-state index in [2.05, 4.69) is 0 Å². The third-order valence-electron chi connectivity index (χ3n) is 3.20. The summed E-state index contributed by atoms with van der Waals surface area (Å²) < 4.78 is 16.9. The Labute approximate surface area is 126 Å². The number of carbonyl (C=O) groups excluding carboxylic acids is 2. The fourth-order valence-electron chi connectivity index (χ4n) is 1.84. The summed E-state index contributed by atoms with van der Waals surface area (Å²) in [5.41, 5.74) is -0.268. The number of ether oxygens (including phenoxy) is 1. The van der Waals surface area contributed by atoms with E-state index in [4.69, 9.17) is 13.8 Å². The molecule has 6 heteroatoms. The highest BCUT2D eigenvalue weighted by molar-refractivity contribution is 7.47. The lowest BCUT2D eigenvalue weighted by molar-refractivity contribution is -0.150. The molecule has 2 aliphatic rings. The molecule has 0 radical (unpaired) electrons. The van der Waals surface area contributed by atoms with Gasteiger partial charge in [-0.1, -0.05) is 32.9 Å². The molecule has 1 fully saturated rings. The molecule has 1 saturated heterocycles. The molecule has 2 rings (SSSR count). The summed E-state index contributed by atoms with van der Waals surface area (Å²) in [5, 5.41) is 0. The molecule has 5 nitrogen and oxygen atoms in total. The summed E-state index contributed by atoms with van der Waals surface area (Å²) in [6.07, 6.45) is 6.47. The van der Waals surface area contributed by atoms with E-state index in [9.17, 15) is 9.59 Å². The van der Waals surface area contributed by atoms with Crippen LogP contribution in [0.5, 0.6) is 0 Å². The molecule has 0 aromatic rings. The van der Waals surface area contributed by atoms with Crippen LogP contribution in [0.25, 0.3) is 0 Å². The third-order valence-corrected chi connectivity index (χ3v) is 4.92. The number of carbonyl (C=O) groups is 2. The van der Waals surface area contributed by atoms with E-state index in [1.54, 1.807) is 25.2 Å². The molecule has 0 amide bonds. The summed E-state index contributed by atoms with van der Waals surface area (Å²) in [5.74, 6) is -0.642. The first-order chi connectivity index (χ1) is 9.87. The largest absolute Gasteiger partial charge is 0.465 e. The first-order valence-electron chi connectivity index (χ1n) is 7.00. The van der Waals surface area contributed by atoms with Gasteiger partial charge in [0.1, 0.15) is 6.10 Å². The van der Waals surface area contributed by atoms with Crippen molar-refractivity contribution in [2.24, 2.45) is 11.3 Å². The van der Waals surface area contributed by atoms with E-state index in [0.29, 0.717) is 19.4 Å². The van der Waals surface area contributed by atoms with Crippen molar-refractivity contribution >= 4 is 20.1 Å². The van der Waals surface area contributed by atoms with Crippen molar-refractivity contribution in [1.82, 2.24) is 0 Å². The number of hydrogen-bond acceptors (Lipinski definition) is 5. The summed E-state index contributed by atoms with van der Waals surface area (Å²) in [4.78, 5) is 23.7. The molecular formula is C15H21O5P. The Balaban J connectivity index is 2.05. The van der Waals surface area contributed by atoms with Gasteiger partial charge in [-0.05, 0) is 12.2 Å². The standard InChI is InChI=1S/C15H21O5P/c1-11-8-21(20-13-7-5-4-6-12(13)16)19-10-15(2,3)9-18-14(11)17/h4-7,11,13H,8-10H2,1-3H3. The minimum Gasteiger partial charge on any atom is -0.465 e. The molecule has 0 aromatic carbocycles. The fraction of sp³-hybridized carbons (Fsp3) is 0.600. The lowest BCUT2D eigenvalue weighted by Crippen LogP contribution is -2.26. The highest BCUT2D eigenvalue weighted by atomic mass is 31.2. The molecule has 1 aliphatic heterocycles. The topological polar surface area (TPSA) is 61.8 Å². The van der Waals surface area contributed by atoms with Crippen LogP contribution < -0.4 is 0 Å². The average molecular weight is 312 g/mol. The van der Waals surface area contributed by atoms with Gasteiger partial charge in [0, 0.05) is 11.6 Å². The summed E-state index contributed by atoms with van der Waals surface area (Å²) in [7, 11) is -1.31. The van der Waals surface area contributed by atoms with Crippen LogP contribution in [0.15, 0.2) is 24.3 Å². The predicted octanol–water partition coefficient (Wildman–Crippen LogP) is 2.61. The highest BCUT2D eigenvalue weighted by Crippen LogP contribution is 2.44. The summed E-state index contributed by atoms with van der Waals surface area (Å²) >= 11 is 0. The normalized spacial score (nSPS) is 33.0. The van der Waals surface area contributed by atoms with Crippen molar-refractivity contribution in [3.8, 4) is 0 Å². The van der Waals surface area contributed by atoms with Crippen molar-refractivity contribution in [3.63, 3.8) is 0 Å². The minimum atomic E-state index is -1.31. The monoisotopic (exact) mass is 312 g/mol. The van der Waals surface area contributed by atoms with E-state index < -0.39 is 14.5 Å². The molecule has 0 N–H and O–H groups in total. The molecule has 116 valence electrons. The number of esters is 1. The maximum Gasteiger partial charge on any atom is 0.309 e. The van der Waals surface area contributed by atoms with E-state index in [1.165, 1.54) is 6.08 Å². The second-order valence-corrected chi connectivity index (χ2v) is 7.63. The number of rotatable bonds is 2. The van der Waals surface area contributed by atoms with Gasteiger partial charge in [0.25, 0.3) is 0 Å². The van der Waals surface area contributed by atoms with Gasteiger partial charge in [-0.25, -0.2) is 0 Å². The molecule has 3 unspecified atom stereocenters. The zero-order chi connectivity index (χ0) is 15.5. The predicted molar refractivity (Wildman–Crippen MR) is 79.8 cm³/mol. The lowest BCUT2D eigenvalue weighted by Gasteiger charge is -2.26. The Morgan fingerprint density at radius 3 is 2.76 bits per heavy atom. The Hall–Kier alpha value is -1.03. The zero-order valence-corrected chi connectivity index (χ0v) is 13.5. The lowest BCUT2D eigenvalue weighted by atomic mass is 9.96. The molecule has 0 bridgehead atoms. The quantitative estimate of drug-likeness (QED) is 0.579. The van der Waals surface area contributed by atoms with Crippen LogP contribution in [0.4, 0.5) is 0 Å². The van der Waals surface area contributed by atoms with Crippen LogP contribution in [0, 0.1) is 11.3 Å². The van der Waals surface area contributed by atoms with E-state index in [-0.39, 0.29) is 23.1 Å². The van der Waals surface area contributed by atoms with Gasteiger partial charge < -0.3 is 13.8 Å². The number of hydrogen-bond donors (Lipinski definition) is 0. The van der Waals surface area contributed by atoms with Gasteiger partial charge in [0.05, 0.1) is 19.1 Å². The third kappa shape index (κ3) is 4.73. The fourth-order valence-corrected chi connectivity index (χ4v) is 3.61. The van der Waals surface area contributed by atoms with Crippen molar-refractivity contribution in [2.75, 3.05) is 19.4 Å². The smallest absolute Gasteiger partial charge is 0.309 e. The van der Waals surface area contributed by atoms with Crippen LogP contribution in [0.3, 0.4) is 0 Å². The summed E-state index contributed by atoms with van der Waals surface area (Å²) in [6, 6.07) is 0. The minimum absolute atomic E-state index is 0.0991. The van der Waals surface area contributed by atoms with Crippen LogP contribution in [-0.4, -0.2) is 37.2 Å². The van der Waals surface area contributed by atoms with Crippen molar-refractivity contribution in [1.29, 1.82) is 0 Å². The molecule has 1 aliphatic carbocycles. The summed E-state index contributed by atoms with van der Waals surface area (Å²) in [6.45, 7) is 6.49. The second kappa shape index (κ2) is 6.82. The molecule has 3 atom stereocenters. The molecule has 0 saturated carbocycles. The average Bonchev–Trinajstić information content (AvgIpc) is 2.48. The van der Waals surface area contributed by atoms with E-state index in [0.717, 1.165) is 0 Å². The molecule has 0 spiro atoms. The van der Waals surface area contributed by atoms with Gasteiger partial charge in [-0.3, -0.25) is 9.59 Å². The van der Waals surface area contributed by atoms with Crippen LogP contribution >= 0.6 is 8.38 Å². The van der Waals surface area contributed by atoms with Crippen LogP contribution in [-0.2, 0) is 23.4 Å². The Bertz CT molecular complexity index is 469. The van der Waals surface area contributed by atoms with Crippen molar-refractivity contribution in [2.45, 2.75) is 26.9 Å². The van der Waals surface area contributed by atoms with Crippen LogP contribution in [0.2, 0.25) is 0 Å². The van der Waals surface area contributed by atoms with Gasteiger partial charge in [0.15, 0.2) is 14.2 Å². The Kier molecular flexibility index (Phi) is 5.31. The number of ketones is 1. The van der Waals surface area contributed by atoms with Gasteiger partial charge in [-0.15, -0.1) is 0 Å². The van der Waals surface area contributed by atoms with Gasteiger partial charge in [-0.2, -0.15) is 0 Å². The van der Waals surface area contributed by atoms with Crippen molar-refractivity contribution < 1.29 is 23.4 Å². The highest BCUT2D eigenvalue weighted by Gasteiger charge is 2.32. The SMILES string of the molecule is CC1CP(OC2C=CC=CC2=O)OCC(C)(C)COC1=O. The molecule has 21 heavy (non-hydrogen) atoms. The van der Waals surface area contributed by atoms with Crippen molar-refractivity contribution in [3.05, 3.63) is 24.3 Å². The Morgan fingerprint density at radius 1 is 1.29 bits per heavy atom. The zero-order valence-electron chi connectivity index (χ0n) is 12.6. The number of allylic oxidation sites excluding steroid dienone is 2. The molecular weight excluding hydrogens is 291 g/mol. The first kappa shape index (κ1) is 16.3. The van der Waals surface area contributed by atoms with Gasteiger partial charge in [0.2, 0.25) is 0 Å². The molecule has 1 heterocycles. The second-order valence-electron chi connectivity index (χ2n) is 6.13. The maximum atomic E-state index is 11.9. The van der Waals surface area contributed by atoms with Gasteiger partial charge >= 0.3 is 5.97 Å². The maximum absolute atomic E-state index is 11.9.